The summed E-state index contributed by atoms with van der Waals surface area (Å²) >= 11 is 0. The van der Waals surface area contributed by atoms with Crippen LogP contribution >= 0.6 is 0 Å². The van der Waals surface area contributed by atoms with Gasteiger partial charge in [-0.15, -0.1) is 0 Å². The molecule has 1 atom stereocenters. The maximum atomic E-state index is 11.2. The number of methoxy groups -OCH3 is 2. The van der Waals surface area contributed by atoms with Crippen LogP contribution in [-0.2, 0) is 19.0 Å². The van der Waals surface area contributed by atoms with Crippen LogP contribution in [0, 0.1) is 0 Å². The smallest absolute Gasteiger partial charge is 0.248 e. The van der Waals surface area contributed by atoms with E-state index in [1.165, 1.54) is 7.11 Å². The van der Waals surface area contributed by atoms with Gasteiger partial charge in [0.05, 0.1) is 13.2 Å². The van der Waals surface area contributed by atoms with E-state index in [0.29, 0.717) is 26.4 Å². The van der Waals surface area contributed by atoms with Gasteiger partial charge in [0.15, 0.2) is 0 Å². The van der Waals surface area contributed by atoms with Crippen LogP contribution < -0.4 is 5.32 Å². The van der Waals surface area contributed by atoms with Crippen molar-refractivity contribution in [2.24, 2.45) is 0 Å². The van der Waals surface area contributed by atoms with Crippen molar-refractivity contribution in [2.75, 3.05) is 40.6 Å². The number of ether oxygens (including phenoxy) is 3. The predicted octanol–water partition coefficient (Wildman–Crippen LogP) is 0.191. The van der Waals surface area contributed by atoms with Gasteiger partial charge in [-0.2, -0.15) is 0 Å². The standard InChI is InChI=1S/C10H21NO4/c1-9(14-3)10(12)11-5-4-6-15-8-7-13-2/h9H,4-8H2,1-3H3,(H,11,12). The van der Waals surface area contributed by atoms with E-state index >= 15 is 0 Å². The number of carbonyl (C=O) groups is 1. The lowest BCUT2D eigenvalue weighted by molar-refractivity contribution is -0.130. The average molecular weight is 219 g/mol. The number of amides is 1. The predicted molar refractivity (Wildman–Crippen MR) is 56.8 cm³/mol. The van der Waals surface area contributed by atoms with Crippen molar-refractivity contribution in [1.82, 2.24) is 5.32 Å². The zero-order chi connectivity index (χ0) is 11.5. The molecule has 0 aliphatic rings. The highest BCUT2D eigenvalue weighted by atomic mass is 16.5. The monoisotopic (exact) mass is 219 g/mol. The summed E-state index contributed by atoms with van der Waals surface area (Å²) in [5, 5.41) is 2.75. The van der Waals surface area contributed by atoms with Gasteiger partial charge in [-0.25, -0.2) is 0 Å². The van der Waals surface area contributed by atoms with Gasteiger partial charge in [0.25, 0.3) is 0 Å². The highest BCUT2D eigenvalue weighted by molar-refractivity contribution is 5.80. The van der Waals surface area contributed by atoms with Gasteiger partial charge in [-0.05, 0) is 13.3 Å². The molecule has 0 aliphatic heterocycles. The quantitative estimate of drug-likeness (QED) is 0.562. The molecular formula is C10H21NO4. The minimum atomic E-state index is -0.389. The van der Waals surface area contributed by atoms with Crippen LogP contribution in [0.1, 0.15) is 13.3 Å². The Morgan fingerprint density at radius 3 is 2.60 bits per heavy atom. The first-order valence-electron chi connectivity index (χ1n) is 5.09. The minimum Gasteiger partial charge on any atom is -0.382 e. The maximum absolute atomic E-state index is 11.2. The summed E-state index contributed by atoms with van der Waals surface area (Å²) in [7, 11) is 3.15. The molecule has 0 saturated carbocycles. The van der Waals surface area contributed by atoms with Crippen LogP contribution in [0.2, 0.25) is 0 Å². The summed E-state index contributed by atoms with van der Waals surface area (Å²) in [5.41, 5.74) is 0. The molecule has 0 rings (SSSR count). The lowest BCUT2D eigenvalue weighted by atomic mass is 10.3. The number of hydrogen-bond donors (Lipinski definition) is 1. The van der Waals surface area contributed by atoms with Gasteiger partial charge >= 0.3 is 0 Å². The van der Waals surface area contributed by atoms with E-state index in [9.17, 15) is 4.79 Å². The molecule has 0 heterocycles. The molecule has 1 amide bonds. The maximum Gasteiger partial charge on any atom is 0.248 e. The van der Waals surface area contributed by atoms with Crippen molar-refractivity contribution in [2.45, 2.75) is 19.4 Å². The van der Waals surface area contributed by atoms with Crippen LogP contribution in [0.5, 0.6) is 0 Å². The molecule has 0 spiro atoms. The first kappa shape index (κ1) is 14.3. The van der Waals surface area contributed by atoms with Crippen molar-refractivity contribution >= 4 is 5.91 Å². The molecule has 0 aromatic carbocycles. The molecule has 0 radical (unpaired) electrons. The Kier molecular flexibility index (Phi) is 9.46. The Balaban J connectivity index is 3.20. The SMILES string of the molecule is COCCOCCCNC(=O)C(C)OC. The fourth-order valence-electron chi connectivity index (χ4n) is 0.881. The topological polar surface area (TPSA) is 56.8 Å². The van der Waals surface area contributed by atoms with E-state index in [1.54, 1.807) is 14.0 Å². The molecule has 1 N–H and O–H groups in total. The highest BCUT2D eigenvalue weighted by Gasteiger charge is 2.09. The normalized spacial score (nSPS) is 12.5. The molecule has 1 unspecified atom stereocenters. The summed E-state index contributed by atoms with van der Waals surface area (Å²) < 4.78 is 14.9. The third-order valence-corrected chi connectivity index (χ3v) is 1.92. The first-order valence-corrected chi connectivity index (χ1v) is 5.09. The van der Waals surface area contributed by atoms with Crippen LogP contribution in [0.15, 0.2) is 0 Å². The molecular weight excluding hydrogens is 198 g/mol. The van der Waals surface area contributed by atoms with E-state index in [2.05, 4.69) is 5.32 Å². The zero-order valence-corrected chi connectivity index (χ0v) is 9.75. The van der Waals surface area contributed by atoms with Gasteiger partial charge in [0.1, 0.15) is 6.10 Å². The van der Waals surface area contributed by atoms with Crippen LogP contribution in [-0.4, -0.2) is 52.6 Å². The lowest BCUT2D eigenvalue weighted by Gasteiger charge is -2.10. The molecule has 0 aromatic rings. The second-order valence-corrected chi connectivity index (χ2v) is 3.13. The molecule has 0 aromatic heterocycles. The van der Waals surface area contributed by atoms with Gasteiger partial charge in [-0.1, -0.05) is 0 Å². The van der Waals surface area contributed by atoms with Crippen LogP contribution in [0.4, 0.5) is 0 Å². The van der Waals surface area contributed by atoms with E-state index in [0.717, 1.165) is 6.42 Å². The van der Waals surface area contributed by atoms with Gasteiger partial charge in [0.2, 0.25) is 5.91 Å². The summed E-state index contributed by atoms with van der Waals surface area (Å²) in [6.07, 6.45) is 0.408. The number of nitrogens with one attached hydrogen (secondary N) is 1. The van der Waals surface area contributed by atoms with Gasteiger partial charge in [0, 0.05) is 27.4 Å². The number of rotatable bonds is 9. The first-order chi connectivity index (χ1) is 7.22. The molecule has 90 valence electrons. The van der Waals surface area contributed by atoms with Crippen molar-refractivity contribution in [3.8, 4) is 0 Å². The summed E-state index contributed by atoms with van der Waals surface area (Å²) in [5.74, 6) is -0.0885. The fraction of sp³-hybridized carbons (Fsp3) is 0.900. The van der Waals surface area contributed by atoms with E-state index in [-0.39, 0.29) is 12.0 Å². The van der Waals surface area contributed by atoms with E-state index in [4.69, 9.17) is 14.2 Å². The molecule has 5 nitrogen and oxygen atoms in total. The number of hydrogen-bond acceptors (Lipinski definition) is 4. The molecule has 0 aliphatic carbocycles. The van der Waals surface area contributed by atoms with E-state index < -0.39 is 0 Å². The van der Waals surface area contributed by atoms with E-state index in [1.807, 2.05) is 0 Å². The lowest BCUT2D eigenvalue weighted by Crippen LogP contribution is -2.34. The molecule has 5 heteroatoms. The van der Waals surface area contributed by atoms with Crippen LogP contribution in [0.3, 0.4) is 0 Å². The summed E-state index contributed by atoms with van der Waals surface area (Å²) in [4.78, 5) is 11.2. The van der Waals surface area contributed by atoms with Crippen molar-refractivity contribution < 1.29 is 19.0 Å². The molecule has 0 saturated heterocycles. The Morgan fingerprint density at radius 2 is 2.00 bits per heavy atom. The number of carbonyl (C=O) groups excluding carboxylic acids is 1. The largest absolute Gasteiger partial charge is 0.382 e. The highest BCUT2D eigenvalue weighted by Crippen LogP contribution is 1.87. The van der Waals surface area contributed by atoms with Gasteiger partial charge in [-0.3, -0.25) is 4.79 Å². The average Bonchev–Trinajstić information content (AvgIpc) is 2.26. The third-order valence-electron chi connectivity index (χ3n) is 1.92. The minimum absolute atomic E-state index is 0.0885. The zero-order valence-electron chi connectivity index (χ0n) is 9.75. The van der Waals surface area contributed by atoms with Crippen molar-refractivity contribution in [3.05, 3.63) is 0 Å². The molecule has 0 fully saturated rings. The molecule has 15 heavy (non-hydrogen) atoms. The van der Waals surface area contributed by atoms with Crippen molar-refractivity contribution in [1.29, 1.82) is 0 Å². The third kappa shape index (κ3) is 8.35. The Bertz CT molecular complexity index is 164. The molecule has 0 bridgehead atoms. The summed E-state index contributed by atoms with van der Waals surface area (Å²) in [6, 6.07) is 0. The fourth-order valence-corrected chi connectivity index (χ4v) is 0.881. The van der Waals surface area contributed by atoms with Crippen molar-refractivity contribution in [3.63, 3.8) is 0 Å². The van der Waals surface area contributed by atoms with Crippen LogP contribution in [0.25, 0.3) is 0 Å². The van der Waals surface area contributed by atoms with Gasteiger partial charge < -0.3 is 19.5 Å². The second-order valence-electron chi connectivity index (χ2n) is 3.13. The Hall–Kier alpha value is -0.650. The Labute approximate surface area is 91.1 Å². The Morgan fingerprint density at radius 1 is 1.27 bits per heavy atom. The second kappa shape index (κ2) is 9.89. The summed E-state index contributed by atoms with van der Waals surface area (Å²) in [6.45, 7) is 4.15.